The van der Waals surface area contributed by atoms with Crippen molar-refractivity contribution in [1.29, 1.82) is 0 Å². The number of amides is 3. The zero-order chi connectivity index (χ0) is 20.8. The number of nitrogens with one attached hydrogen (secondary N) is 1. The van der Waals surface area contributed by atoms with E-state index in [1.807, 2.05) is 25.1 Å². The summed E-state index contributed by atoms with van der Waals surface area (Å²) < 4.78 is 0. The van der Waals surface area contributed by atoms with E-state index >= 15 is 0 Å². The second kappa shape index (κ2) is 5.93. The maximum absolute atomic E-state index is 13.8. The second-order valence-corrected chi connectivity index (χ2v) is 9.10. The highest BCUT2D eigenvalue weighted by Gasteiger charge is 2.74. The summed E-state index contributed by atoms with van der Waals surface area (Å²) in [6.45, 7) is 2.69. The number of aryl methyl sites for hydroxylation is 1. The van der Waals surface area contributed by atoms with Crippen molar-refractivity contribution in [1.82, 2.24) is 4.90 Å². The van der Waals surface area contributed by atoms with Crippen LogP contribution in [0.15, 0.2) is 42.5 Å². The van der Waals surface area contributed by atoms with Gasteiger partial charge >= 0.3 is 0 Å². The molecule has 3 fully saturated rings. The number of nitrogens with zero attached hydrogens (tertiary/aromatic N) is 2. The predicted octanol–water partition coefficient (Wildman–Crippen LogP) is 3.08. The van der Waals surface area contributed by atoms with Gasteiger partial charge in [0.2, 0.25) is 17.7 Å². The minimum atomic E-state index is -1.12. The van der Waals surface area contributed by atoms with Gasteiger partial charge in [0.25, 0.3) is 0 Å². The Hall–Kier alpha value is -2.70. The lowest BCUT2D eigenvalue weighted by molar-refractivity contribution is -0.135. The van der Waals surface area contributed by atoms with Crippen LogP contribution in [0.25, 0.3) is 0 Å². The van der Waals surface area contributed by atoms with E-state index in [4.69, 9.17) is 11.6 Å². The van der Waals surface area contributed by atoms with Crippen LogP contribution in [0.4, 0.5) is 11.4 Å². The Balaban J connectivity index is 1.56. The maximum atomic E-state index is 13.8. The van der Waals surface area contributed by atoms with Gasteiger partial charge in [0, 0.05) is 22.3 Å². The zero-order valence-electron chi connectivity index (χ0n) is 16.4. The summed E-state index contributed by atoms with van der Waals surface area (Å²) >= 11 is 6.00. The fourth-order valence-corrected chi connectivity index (χ4v) is 6.29. The summed E-state index contributed by atoms with van der Waals surface area (Å²) in [5.74, 6) is -1.95. The molecule has 4 aliphatic heterocycles. The highest BCUT2D eigenvalue weighted by atomic mass is 35.5. The molecule has 0 aliphatic carbocycles. The summed E-state index contributed by atoms with van der Waals surface area (Å²) in [5.41, 5.74) is 1.97. The summed E-state index contributed by atoms with van der Waals surface area (Å²) in [5, 5.41) is 3.54. The molecule has 0 radical (unpaired) electrons. The molecule has 2 aromatic rings. The first kappa shape index (κ1) is 18.1. The van der Waals surface area contributed by atoms with E-state index in [1.54, 1.807) is 24.3 Å². The Morgan fingerprint density at radius 2 is 1.83 bits per heavy atom. The molecule has 4 aliphatic rings. The number of carbonyl (C=O) groups is 3. The molecule has 30 heavy (non-hydrogen) atoms. The molecule has 7 heteroatoms. The third-order valence-corrected chi connectivity index (χ3v) is 7.48. The number of imide groups is 1. The molecular formula is C23H20ClN3O3. The first-order valence-corrected chi connectivity index (χ1v) is 10.6. The van der Waals surface area contributed by atoms with E-state index in [1.165, 1.54) is 4.90 Å². The fourth-order valence-electron chi connectivity index (χ4n) is 6.16. The Morgan fingerprint density at radius 3 is 2.60 bits per heavy atom. The van der Waals surface area contributed by atoms with Gasteiger partial charge < -0.3 is 5.32 Å². The van der Waals surface area contributed by atoms with E-state index in [0.29, 0.717) is 17.3 Å². The van der Waals surface area contributed by atoms with Crippen LogP contribution in [0.1, 0.15) is 24.0 Å². The number of hydrogen-bond donors (Lipinski definition) is 1. The molecule has 0 unspecified atom stereocenters. The van der Waals surface area contributed by atoms with Crippen molar-refractivity contribution in [2.24, 2.45) is 11.8 Å². The fraction of sp³-hybridized carbons (Fsp3) is 0.348. The minimum absolute atomic E-state index is 0.110. The molecular weight excluding hydrogens is 402 g/mol. The van der Waals surface area contributed by atoms with Gasteiger partial charge in [0.05, 0.1) is 17.5 Å². The lowest BCUT2D eigenvalue weighted by atomic mass is 9.75. The van der Waals surface area contributed by atoms with Crippen LogP contribution in [-0.2, 0) is 19.9 Å². The van der Waals surface area contributed by atoms with Gasteiger partial charge in [-0.05, 0) is 56.6 Å². The Kier molecular flexibility index (Phi) is 3.58. The summed E-state index contributed by atoms with van der Waals surface area (Å²) in [6.07, 6.45) is 1.72. The molecule has 152 valence electrons. The lowest BCUT2D eigenvalue weighted by Gasteiger charge is -2.36. The van der Waals surface area contributed by atoms with Gasteiger partial charge in [-0.3, -0.25) is 19.3 Å². The normalized spacial score (nSPS) is 32.0. The van der Waals surface area contributed by atoms with Gasteiger partial charge in [-0.25, -0.2) is 4.90 Å². The third-order valence-electron chi connectivity index (χ3n) is 7.23. The molecule has 6 nitrogen and oxygen atoms in total. The SMILES string of the molecule is Cc1ccc2c(c1)[C@@]1(C(=O)N2)[C@H]2C(=O)N(c3ccc(Cl)cc3)C(=O)[C@@H]2[C@H]2CCCN21. The number of benzene rings is 2. The predicted molar refractivity (Wildman–Crippen MR) is 112 cm³/mol. The van der Waals surface area contributed by atoms with Crippen molar-refractivity contribution in [3.05, 3.63) is 58.6 Å². The molecule has 0 bridgehead atoms. The van der Waals surface area contributed by atoms with Crippen molar-refractivity contribution in [2.45, 2.75) is 31.3 Å². The Morgan fingerprint density at radius 1 is 1.07 bits per heavy atom. The summed E-state index contributed by atoms with van der Waals surface area (Å²) in [4.78, 5) is 44.3. The standard InChI is InChI=1S/C23H20ClN3O3/c1-12-4-9-16-15(11-12)23(22(30)25-16)19-18(17-3-2-10-26(17)23)20(28)27(21(19)29)14-7-5-13(24)6-8-14/h4-9,11,17-19H,2-3,10H2,1H3,(H,25,30)/t17-,18-,19-,23+/m1/s1. The molecule has 0 aromatic heterocycles. The quantitative estimate of drug-likeness (QED) is 0.718. The third kappa shape index (κ3) is 2.01. The van der Waals surface area contributed by atoms with Crippen LogP contribution < -0.4 is 10.2 Å². The van der Waals surface area contributed by atoms with Gasteiger partial charge in [-0.15, -0.1) is 0 Å². The Labute approximate surface area is 178 Å². The van der Waals surface area contributed by atoms with Crippen LogP contribution >= 0.6 is 11.6 Å². The second-order valence-electron chi connectivity index (χ2n) is 8.66. The van der Waals surface area contributed by atoms with Crippen molar-refractivity contribution >= 4 is 40.7 Å². The first-order chi connectivity index (χ1) is 14.4. The number of carbonyl (C=O) groups excluding carboxylic acids is 3. The first-order valence-electron chi connectivity index (χ1n) is 10.3. The Bertz CT molecular complexity index is 1130. The van der Waals surface area contributed by atoms with Gasteiger partial charge in [-0.2, -0.15) is 0 Å². The maximum Gasteiger partial charge on any atom is 0.250 e. The van der Waals surface area contributed by atoms with Crippen LogP contribution in [-0.4, -0.2) is 35.2 Å². The molecule has 1 N–H and O–H groups in total. The number of halogens is 1. The highest BCUT2D eigenvalue weighted by molar-refractivity contribution is 6.31. The van der Waals surface area contributed by atoms with E-state index in [2.05, 4.69) is 10.2 Å². The number of anilines is 2. The van der Waals surface area contributed by atoms with Gasteiger partial charge in [0.1, 0.15) is 5.54 Å². The van der Waals surface area contributed by atoms with E-state index in [-0.39, 0.29) is 23.8 Å². The van der Waals surface area contributed by atoms with Crippen molar-refractivity contribution in [3.8, 4) is 0 Å². The van der Waals surface area contributed by atoms with E-state index in [0.717, 1.165) is 29.7 Å². The molecule has 6 rings (SSSR count). The van der Waals surface area contributed by atoms with Crippen molar-refractivity contribution < 1.29 is 14.4 Å². The average Bonchev–Trinajstić information content (AvgIpc) is 3.42. The molecule has 3 amide bonds. The number of hydrogen-bond acceptors (Lipinski definition) is 4. The van der Waals surface area contributed by atoms with Crippen LogP contribution in [0.2, 0.25) is 5.02 Å². The van der Waals surface area contributed by atoms with Crippen molar-refractivity contribution in [2.75, 3.05) is 16.8 Å². The molecule has 0 saturated carbocycles. The van der Waals surface area contributed by atoms with E-state index in [9.17, 15) is 14.4 Å². The molecule has 2 aromatic carbocycles. The number of rotatable bonds is 1. The van der Waals surface area contributed by atoms with E-state index < -0.39 is 17.4 Å². The molecule has 4 heterocycles. The lowest BCUT2D eigenvalue weighted by Crippen LogP contribution is -2.54. The van der Waals surface area contributed by atoms with Gasteiger partial charge in [0.15, 0.2) is 0 Å². The van der Waals surface area contributed by atoms with Crippen molar-refractivity contribution in [3.63, 3.8) is 0 Å². The monoisotopic (exact) mass is 421 g/mol. The zero-order valence-corrected chi connectivity index (χ0v) is 17.1. The molecule has 4 atom stereocenters. The summed E-state index contributed by atoms with van der Waals surface area (Å²) in [7, 11) is 0. The average molecular weight is 422 g/mol. The minimum Gasteiger partial charge on any atom is -0.324 e. The van der Waals surface area contributed by atoms with Crippen LogP contribution in [0, 0.1) is 18.8 Å². The largest absolute Gasteiger partial charge is 0.324 e. The molecule has 3 saturated heterocycles. The van der Waals surface area contributed by atoms with Gasteiger partial charge in [-0.1, -0.05) is 29.3 Å². The van der Waals surface area contributed by atoms with Crippen LogP contribution in [0.5, 0.6) is 0 Å². The summed E-state index contributed by atoms with van der Waals surface area (Å²) in [6, 6.07) is 12.4. The highest BCUT2D eigenvalue weighted by Crippen LogP contribution is 2.60. The molecule has 1 spiro atoms. The number of fused-ring (bicyclic) bond motifs is 7. The smallest absolute Gasteiger partial charge is 0.250 e. The van der Waals surface area contributed by atoms with Crippen LogP contribution in [0.3, 0.4) is 0 Å². The topological polar surface area (TPSA) is 69.7 Å².